The van der Waals surface area contributed by atoms with E-state index < -0.39 is 18.2 Å². The first-order valence-corrected chi connectivity index (χ1v) is 3.36. The zero-order chi connectivity index (χ0) is 9.84. The normalized spacial score (nSPS) is 10.5. The number of benzene rings is 1. The van der Waals surface area contributed by atoms with Crippen LogP contribution in [0.3, 0.4) is 0 Å². The SMILES string of the molecule is O[CH]c1cccc(OC(F)F)c1F. The number of rotatable bonds is 3. The van der Waals surface area contributed by atoms with Gasteiger partial charge >= 0.3 is 6.61 Å². The number of alkyl halides is 2. The van der Waals surface area contributed by atoms with Crippen LogP contribution in [0.5, 0.6) is 5.75 Å². The van der Waals surface area contributed by atoms with Gasteiger partial charge in [-0.3, -0.25) is 0 Å². The van der Waals surface area contributed by atoms with Crippen molar-refractivity contribution in [1.82, 2.24) is 0 Å². The quantitative estimate of drug-likeness (QED) is 0.794. The van der Waals surface area contributed by atoms with E-state index in [0.29, 0.717) is 6.61 Å². The molecule has 1 aromatic rings. The fourth-order valence-corrected chi connectivity index (χ4v) is 0.814. The van der Waals surface area contributed by atoms with E-state index in [0.717, 1.165) is 6.07 Å². The molecule has 71 valence electrons. The Balaban J connectivity index is 2.94. The van der Waals surface area contributed by atoms with E-state index in [1.165, 1.54) is 12.1 Å². The van der Waals surface area contributed by atoms with Gasteiger partial charge in [0.2, 0.25) is 0 Å². The van der Waals surface area contributed by atoms with Gasteiger partial charge in [-0.05, 0) is 6.07 Å². The van der Waals surface area contributed by atoms with Crippen LogP contribution in [0.25, 0.3) is 0 Å². The molecular weight excluding hydrogens is 185 g/mol. The highest BCUT2D eigenvalue weighted by molar-refractivity contribution is 5.33. The Morgan fingerprint density at radius 2 is 2.08 bits per heavy atom. The minimum Gasteiger partial charge on any atom is -0.432 e. The lowest BCUT2D eigenvalue weighted by Gasteiger charge is -2.06. The van der Waals surface area contributed by atoms with Crippen LogP contribution in [0.1, 0.15) is 5.56 Å². The summed E-state index contributed by atoms with van der Waals surface area (Å²) < 4.78 is 40.2. The number of hydrogen-bond donors (Lipinski definition) is 1. The zero-order valence-corrected chi connectivity index (χ0v) is 6.38. The Bertz CT molecular complexity index is 289. The Morgan fingerprint density at radius 3 is 2.62 bits per heavy atom. The molecule has 1 rings (SSSR count). The number of aliphatic hydroxyl groups is 1. The largest absolute Gasteiger partial charge is 0.432 e. The monoisotopic (exact) mass is 191 g/mol. The van der Waals surface area contributed by atoms with E-state index >= 15 is 0 Å². The Labute approximate surface area is 72.6 Å². The van der Waals surface area contributed by atoms with Crippen LogP contribution in [0.15, 0.2) is 18.2 Å². The van der Waals surface area contributed by atoms with Crippen LogP contribution in [-0.2, 0) is 0 Å². The first-order chi connectivity index (χ1) is 6.15. The molecule has 2 nitrogen and oxygen atoms in total. The van der Waals surface area contributed by atoms with Gasteiger partial charge in [-0.1, -0.05) is 12.1 Å². The molecule has 0 unspecified atom stereocenters. The van der Waals surface area contributed by atoms with E-state index in [4.69, 9.17) is 5.11 Å². The average molecular weight is 191 g/mol. The summed E-state index contributed by atoms with van der Waals surface area (Å²) in [6.07, 6.45) is 0. The van der Waals surface area contributed by atoms with E-state index in [1.807, 2.05) is 0 Å². The third kappa shape index (κ3) is 2.35. The molecular formula is C8H6F3O2. The minimum absolute atomic E-state index is 0.196. The average Bonchev–Trinajstić information content (AvgIpc) is 2.08. The zero-order valence-electron chi connectivity index (χ0n) is 6.38. The summed E-state index contributed by atoms with van der Waals surface area (Å²) in [4.78, 5) is 0. The van der Waals surface area contributed by atoms with Gasteiger partial charge < -0.3 is 9.84 Å². The summed E-state index contributed by atoms with van der Waals surface area (Å²) in [5.41, 5.74) is -0.196. The van der Waals surface area contributed by atoms with Crippen LogP contribution in [0, 0.1) is 12.4 Å². The van der Waals surface area contributed by atoms with E-state index in [1.54, 1.807) is 0 Å². The molecule has 0 saturated carbocycles. The minimum atomic E-state index is -3.08. The molecule has 0 atom stereocenters. The second kappa shape index (κ2) is 4.13. The highest BCUT2D eigenvalue weighted by Gasteiger charge is 2.12. The number of aliphatic hydroxyl groups excluding tert-OH is 1. The molecule has 0 aliphatic carbocycles. The van der Waals surface area contributed by atoms with Crippen LogP contribution >= 0.6 is 0 Å². The lowest BCUT2D eigenvalue weighted by atomic mass is 10.2. The predicted octanol–water partition coefficient (Wildman–Crippen LogP) is 2.31. The molecule has 0 fully saturated rings. The fraction of sp³-hybridized carbons (Fsp3) is 0.125. The van der Waals surface area contributed by atoms with E-state index in [2.05, 4.69) is 4.74 Å². The summed E-state index contributed by atoms with van der Waals surface area (Å²) in [5.74, 6) is -1.59. The lowest BCUT2D eigenvalue weighted by molar-refractivity contribution is -0.0522. The molecule has 0 amide bonds. The first kappa shape index (κ1) is 9.85. The highest BCUT2D eigenvalue weighted by atomic mass is 19.3. The first-order valence-electron chi connectivity index (χ1n) is 3.36. The molecule has 0 aliphatic rings. The molecule has 5 heteroatoms. The number of hydrogen-bond acceptors (Lipinski definition) is 2. The van der Waals surface area contributed by atoms with Crippen molar-refractivity contribution in [2.75, 3.05) is 0 Å². The molecule has 13 heavy (non-hydrogen) atoms. The van der Waals surface area contributed by atoms with E-state index in [-0.39, 0.29) is 5.56 Å². The summed E-state index contributed by atoms with van der Waals surface area (Å²) in [6, 6.07) is 3.57. The van der Waals surface area contributed by atoms with Gasteiger partial charge in [0.1, 0.15) is 6.61 Å². The molecule has 1 N–H and O–H groups in total. The van der Waals surface area contributed by atoms with Crippen molar-refractivity contribution >= 4 is 0 Å². The van der Waals surface area contributed by atoms with Crippen LogP contribution in [-0.4, -0.2) is 11.7 Å². The van der Waals surface area contributed by atoms with E-state index in [9.17, 15) is 13.2 Å². The van der Waals surface area contributed by atoms with Gasteiger partial charge in [-0.15, -0.1) is 0 Å². The van der Waals surface area contributed by atoms with Gasteiger partial charge in [0, 0.05) is 5.56 Å². The molecule has 1 radical (unpaired) electrons. The second-order valence-electron chi connectivity index (χ2n) is 2.17. The summed E-state index contributed by atoms with van der Waals surface area (Å²) in [5, 5.41) is 8.47. The summed E-state index contributed by atoms with van der Waals surface area (Å²) in [6.45, 7) is -2.60. The Hall–Kier alpha value is -1.23. The second-order valence-corrected chi connectivity index (χ2v) is 2.17. The van der Waals surface area contributed by atoms with Gasteiger partial charge in [-0.25, -0.2) is 4.39 Å². The van der Waals surface area contributed by atoms with Crippen molar-refractivity contribution in [2.45, 2.75) is 6.61 Å². The molecule has 0 saturated heterocycles. The summed E-state index contributed by atoms with van der Waals surface area (Å²) >= 11 is 0. The van der Waals surface area contributed by atoms with Crippen LogP contribution in [0.4, 0.5) is 13.2 Å². The van der Waals surface area contributed by atoms with Gasteiger partial charge in [0.05, 0.1) is 0 Å². The molecule has 0 aromatic heterocycles. The lowest BCUT2D eigenvalue weighted by Crippen LogP contribution is -2.04. The predicted molar refractivity (Wildman–Crippen MR) is 38.4 cm³/mol. The third-order valence-electron chi connectivity index (χ3n) is 1.35. The fourth-order valence-electron chi connectivity index (χ4n) is 0.814. The maximum atomic E-state index is 13.0. The maximum absolute atomic E-state index is 13.0. The van der Waals surface area contributed by atoms with Crippen molar-refractivity contribution < 1.29 is 23.0 Å². The standard InChI is InChI=1S/C8H6F3O2/c9-7-5(4-12)2-1-3-6(7)13-8(10)11/h1-4,8,12H. The van der Waals surface area contributed by atoms with Crippen LogP contribution < -0.4 is 4.74 Å². The molecule has 0 heterocycles. The summed E-state index contributed by atoms with van der Waals surface area (Å²) in [7, 11) is 0. The molecule has 1 aromatic carbocycles. The van der Waals surface area contributed by atoms with Gasteiger partial charge in [-0.2, -0.15) is 8.78 Å². The van der Waals surface area contributed by atoms with Gasteiger partial charge in [0.15, 0.2) is 11.6 Å². The van der Waals surface area contributed by atoms with Crippen molar-refractivity contribution in [3.05, 3.63) is 36.2 Å². The Morgan fingerprint density at radius 1 is 1.38 bits per heavy atom. The highest BCUT2D eigenvalue weighted by Crippen LogP contribution is 2.22. The van der Waals surface area contributed by atoms with Crippen molar-refractivity contribution in [1.29, 1.82) is 0 Å². The molecule has 0 spiro atoms. The van der Waals surface area contributed by atoms with Crippen molar-refractivity contribution in [3.63, 3.8) is 0 Å². The smallest absolute Gasteiger partial charge is 0.387 e. The Kier molecular flexibility index (Phi) is 3.13. The van der Waals surface area contributed by atoms with Crippen molar-refractivity contribution in [3.8, 4) is 5.75 Å². The van der Waals surface area contributed by atoms with Gasteiger partial charge in [0.25, 0.3) is 0 Å². The molecule has 0 aliphatic heterocycles. The number of halogens is 3. The third-order valence-corrected chi connectivity index (χ3v) is 1.35. The van der Waals surface area contributed by atoms with Crippen molar-refractivity contribution in [2.24, 2.45) is 0 Å². The number of ether oxygens (including phenoxy) is 1. The maximum Gasteiger partial charge on any atom is 0.387 e. The topological polar surface area (TPSA) is 29.5 Å². The molecule has 0 bridgehead atoms. The van der Waals surface area contributed by atoms with Crippen LogP contribution in [0.2, 0.25) is 0 Å².